The molecule has 0 aromatic carbocycles. The second-order valence-electron chi connectivity index (χ2n) is 4.34. The molecule has 1 aliphatic heterocycles. The van der Waals surface area contributed by atoms with Crippen LogP contribution in [0.25, 0.3) is 0 Å². The van der Waals surface area contributed by atoms with Crippen LogP contribution < -0.4 is 10.0 Å². The quantitative estimate of drug-likeness (QED) is 0.673. The van der Waals surface area contributed by atoms with Crippen LogP contribution in [0.1, 0.15) is 20.3 Å². The molecule has 1 rings (SSSR count). The van der Waals surface area contributed by atoms with E-state index in [1.54, 1.807) is 0 Å². The predicted octanol–water partition coefficient (Wildman–Crippen LogP) is -0.390. The van der Waals surface area contributed by atoms with Crippen LogP contribution in [0.15, 0.2) is 0 Å². The minimum atomic E-state index is -3.10. The Morgan fingerprint density at radius 1 is 1.38 bits per heavy atom. The molecule has 0 amide bonds. The van der Waals surface area contributed by atoms with Gasteiger partial charge in [-0.1, -0.05) is 6.92 Å². The summed E-state index contributed by atoms with van der Waals surface area (Å²) < 4.78 is 26.1. The van der Waals surface area contributed by atoms with Gasteiger partial charge in [-0.2, -0.15) is 0 Å². The van der Waals surface area contributed by atoms with E-state index < -0.39 is 10.0 Å². The molecule has 0 radical (unpaired) electrons. The third-order valence-corrected chi connectivity index (χ3v) is 4.36. The van der Waals surface area contributed by atoms with Crippen molar-refractivity contribution in [3.63, 3.8) is 0 Å². The van der Waals surface area contributed by atoms with Crippen molar-refractivity contribution in [1.82, 2.24) is 14.9 Å². The van der Waals surface area contributed by atoms with Gasteiger partial charge in [-0.3, -0.25) is 4.90 Å². The second-order valence-corrected chi connectivity index (χ2v) is 6.21. The standard InChI is InChI=1S/C10H23N3O2S/c1-3-10(2)12-16(14,15)9-8-13-6-4-11-5-7-13/h10-12H,3-9H2,1-2H3. The minimum absolute atomic E-state index is 0.0352. The van der Waals surface area contributed by atoms with Crippen molar-refractivity contribution >= 4 is 10.0 Å². The van der Waals surface area contributed by atoms with Gasteiger partial charge in [0.05, 0.1) is 5.75 Å². The zero-order valence-electron chi connectivity index (χ0n) is 10.2. The van der Waals surface area contributed by atoms with Gasteiger partial charge in [0.1, 0.15) is 0 Å². The summed E-state index contributed by atoms with van der Waals surface area (Å²) in [6.07, 6.45) is 0.826. The average Bonchev–Trinajstić information content (AvgIpc) is 2.27. The zero-order chi connectivity index (χ0) is 12.0. The van der Waals surface area contributed by atoms with Crippen LogP contribution in [-0.4, -0.2) is 57.8 Å². The van der Waals surface area contributed by atoms with Crippen LogP contribution in [0, 0.1) is 0 Å². The lowest BCUT2D eigenvalue weighted by molar-refractivity contribution is 0.253. The van der Waals surface area contributed by atoms with E-state index in [-0.39, 0.29) is 11.8 Å². The molecule has 5 nitrogen and oxygen atoms in total. The van der Waals surface area contributed by atoms with E-state index in [4.69, 9.17) is 0 Å². The van der Waals surface area contributed by atoms with Gasteiger partial charge in [-0.05, 0) is 13.3 Å². The Morgan fingerprint density at radius 2 is 2.00 bits per heavy atom. The molecule has 16 heavy (non-hydrogen) atoms. The van der Waals surface area contributed by atoms with E-state index in [9.17, 15) is 8.42 Å². The first-order valence-electron chi connectivity index (χ1n) is 5.96. The van der Waals surface area contributed by atoms with Crippen molar-refractivity contribution in [3.8, 4) is 0 Å². The number of sulfonamides is 1. The first-order chi connectivity index (χ1) is 7.53. The number of hydrogen-bond donors (Lipinski definition) is 2. The lowest BCUT2D eigenvalue weighted by Gasteiger charge is -2.27. The van der Waals surface area contributed by atoms with Gasteiger partial charge in [0.2, 0.25) is 10.0 Å². The van der Waals surface area contributed by atoms with Crippen molar-refractivity contribution in [1.29, 1.82) is 0 Å². The summed E-state index contributed by atoms with van der Waals surface area (Å²) in [7, 11) is -3.10. The maximum atomic E-state index is 11.7. The van der Waals surface area contributed by atoms with Crippen molar-refractivity contribution in [2.24, 2.45) is 0 Å². The van der Waals surface area contributed by atoms with Crippen molar-refractivity contribution in [2.75, 3.05) is 38.5 Å². The predicted molar refractivity (Wildman–Crippen MR) is 66.0 cm³/mol. The summed E-state index contributed by atoms with van der Waals surface area (Å²) in [6.45, 7) is 8.30. The molecule has 0 bridgehead atoms. The van der Waals surface area contributed by atoms with Crippen LogP contribution in [0.4, 0.5) is 0 Å². The van der Waals surface area contributed by atoms with Gasteiger partial charge >= 0.3 is 0 Å². The number of rotatable bonds is 6. The molecule has 0 spiro atoms. The Morgan fingerprint density at radius 3 is 2.56 bits per heavy atom. The zero-order valence-corrected chi connectivity index (χ0v) is 11.0. The third kappa shape index (κ3) is 5.25. The van der Waals surface area contributed by atoms with Crippen LogP contribution in [0.2, 0.25) is 0 Å². The fraction of sp³-hybridized carbons (Fsp3) is 1.00. The van der Waals surface area contributed by atoms with Crippen molar-refractivity contribution < 1.29 is 8.42 Å². The normalized spacial score (nSPS) is 20.9. The molecule has 96 valence electrons. The highest BCUT2D eigenvalue weighted by atomic mass is 32.2. The molecule has 1 saturated heterocycles. The Balaban J connectivity index is 2.29. The van der Waals surface area contributed by atoms with Crippen LogP contribution in [-0.2, 0) is 10.0 Å². The molecule has 1 atom stereocenters. The highest BCUT2D eigenvalue weighted by Gasteiger charge is 2.16. The van der Waals surface area contributed by atoms with Crippen LogP contribution >= 0.6 is 0 Å². The molecule has 0 aromatic rings. The largest absolute Gasteiger partial charge is 0.314 e. The molecule has 6 heteroatoms. The Bertz CT molecular complexity index is 286. The van der Waals surface area contributed by atoms with E-state index in [1.807, 2.05) is 13.8 Å². The smallest absolute Gasteiger partial charge is 0.213 e. The van der Waals surface area contributed by atoms with E-state index in [0.717, 1.165) is 32.6 Å². The summed E-state index contributed by atoms with van der Waals surface area (Å²) in [4.78, 5) is 2.19. The van der Waals surface area contributed by atoms with E-state index in [2.05, 4.69) is 14.9 Å². The van der Waals surface area contributed by atoms with Gasteiger partial charge in [-0.15, -0.1) is 0 Å². The Labute approximate surface area is 98.6 Å². The topological polar surface area (TPSA) is 61.4 Å². The molecule has 0 aliphatic carbocycles. The molecule has 2 N–H and O–H groups in total. The number of nitrogens with zero attached hydrogens (tertiary/aromatic N) is 1. The summed E-state index contributed by atoms with van der Waals surface area (Å²) in [6, 6.07) is 0.0352. The lowest BCUT2D eigenvalue weighted by Crippen LogP contribution is -2.46. The molecule has 1 unspecified atom stereocenters. The maximum Gasteiger partial charge on any atom is 0.213 e. The highest BCUT2D eigenvalue weighted by molar-refractivity contribution is 7.89. The Hall–Kier alpha value is -0.170. The molecule has 1 aliphatic rings. The molecular weight excluding hydrogens is 226 g/mol. The van der Waals surface area contributed by atoms with Crippen molar-refractivity contribution in [3.05, 3.63) is 0 Å². The molecule has 0 aromatic heterocycles. The van der Waals surface area contributed by atoms with Gasteiger partial charge in [-0.25, -0.2) is 13.1 Å². The Kier molecular flexibility index (Phi) is 5.68. The number of piperazine rings is 1. The van der Waals surface area contributed by atoms with Crippen LogP contribution in [0.5, 0.6) is 0 Å². The molecule has 1 fully saturated rings. The molecule has 0 saturated carbocycles. The van der Waals surface area contributed by atoms with E-state index in [1.165, 1.54) is 0 Å². The van der Waals surface area contributed by atoms with Gasteiger partial charge in [0.25, 0.3) is 0 Å². The van der Waals surface area contributed by atoms with E-state index >= 15 is 0 Å². The summed E-state index contributed by atoms with van der Waals surface area (Å²) in [5, 5.41) is 3.25. The summed E-state index contributed by atoms with van der Waals surface area (Å²) in [5.74, 6) is 0.206. The SMILES string of the molecule is CCC(C)NS(=O)(=O)CCN1CCNCC1. The molecular formula is C10H23N3O2S. The molecule has 1 heterocycles. The number of nitrogens with one attached hydrogen (secondary N) is 2. The average molecular weight is 249 g/mol. The van der Waals surface area contributed by atoms with Gasteiger partial charge < -0.3 is 5.32 Å². The van der Waals surface area contributed by atoms with Gasteiger partial charge in [0, 0.05) is 38.8 Å². The highest BCUT2D eigenvalue weighted by Crippen LogP contribution is 1.97. The van der Waals surface area contributed by atoms with Gasteiger partial charge in [0.15, 0.2) is 0 Å². The second kappa shape index (κ2) is 6.54. The minimum Gasteiger partial charge on any atom is -0.314 e. The van der Waals surface area contributed by atoms with Crippen LogP contribution in [0.3, 0.4) is 0 Å². The number of hydrogen-bond acceptors (Lipinski definition) is 4. The van der Waals surface area contributed by atoms with E-state index in [0.29, 0.717) is 6.54 Å². The lowest BCUT2D eigenvalue weighted by atomic mass is 10.3. The first-order valence-corrected chi connectivity index (χ1v) is 7.62. The fourth-order valence-electron chi connectivity index (χ4n) is 1.63. The summed E-state index contributed by atoms with van der Waals surface area (Å²) >= 11 is 0. The summed E-state index contributed by atoms with van der Waals surface area (Å²) in [5.41, 5.74) is 0. The first kappa shape index (κ1) is 13.9. The fourth-order valence-corrected chi connectivity index (χ4v) is 3.03. The maximum absolute atomic E-state index is 11.7. The monoisotopic (exact) mass is 249 g/mol. The van der Waals surface area contributed by atoms with Crippen molar-refractivity contribution in [2.45, 2.75) is 26.3 Å². The third-order valence-electron chi connectivity index (χ3n) is 2.88.